The third-order valence-corrected chi connectivity index (χ3v) is 1.71. The molecule has 0 rings (SSSR count). The van der Waals surface area contributed by atoms with Crippen molar-refractivity contribution >= 4 is 0 Å². The van der Waals surface area contributed by atoms with Crippen LogP contribution in [-0.4, -0.2) is 0 Å². The van der Waals surface area contributed by atoms with E-state index in [2.05, 4.69) is 26.8 Å². The van der Waals surface area contributed by atoms with Gasteiger partial charge in [0, 0.05) is 0 Å². The van der Waals surface area contributed by atoms with Crippen molar-refractivity contribution in [3.8, 4) is 0 Å². The molecule has 0 unspecified atom stereocenters. The van der Waals surface area contributed by atoms with Crippen LogP contribution in [0.5, 0.6) is 0 Å². The lowest BCUT2D eigenvalue weighted by Crippen LogP contribution is -1.87. The number of unbranched alkanes of at least 4 members (excludes halogenated alkanes) is 1. The lowest BCUT2D eigenvalue weighted by molar-refractivity contribution is 0.760. The van der Waals surface area contributed by atoms with E-state index in [1.165, 1.54) is 5.57 Å². The molecule has 0 heteroatoms. The molecule has 0 bridgehead atoms. The number of hydrogen-bond acceptors (Lipinski definition) is 0. The molecule has 0 spiro atoms. The SMILES string of the molecule is [CH]=CCCC=C(C)C(C)C. The fraction of sp³-hybridized carbons (Fsp3) is 0.600. The minimum Gasteiger partial charge on any atom is -0.0850 e. The summed E-state index contributed by atoms with van der Waals surface area (Å²) < 4.78 is 0. The van der Waals surface area contributed by atoms with Crippen molar-refractivity contribution in [1.29, 1.82) is 0 Å². The van der Waals surface area contributed by atoms with Gasteiger partial charge in [0.1, 0.15) is 0 Å². The van der Waals surface area contributed by atoms with E-state index < -0.39 is 0 Å². The van der Waals surface area contributed by atoms with Crippen LogP contribution in [0.2, 0.25) is 0 Å². The lowest BCUT2D eigenvalue weighted by Gasteiger charge is -2.03. The first-order chi connectivity index (χ1) is 4.68. The fourth-order valence-electron chi connectivity index (χ4n) is 0.643. The number of allylic oxidation sites excluding steroid dienone is 3. The summed E-state index contributed by atoms with van der Waals surface area (Å²) in [6.07, 6.45) is 6.04. The van der Waals surface area contributed by atoms with E-state index >= 15 is 0 Å². The van der Waals surface area contributed by atoms with Crippen molar-refractivity contribution in [3.05, 3.63) is 24.3 Å². The quantitative estimate of drug-likeness (QED) is 0.411. The Labute approximate surface area is 64.6 Å². The Morgan fingerprint density at radius 2 is 2.00 bits per heavy atom. The zero-order valence-corrected chi connectivity index (χ0v) is 7.22. The molecule has 0 aliphatic rings. The molecule has 0 aliphatic heterocycles. The Hall–Kier alpha value is -0.520. The van der Waals surface area contributed by atoms with E-state index in [1.807, 2.05) is 0 Å². The normalized spacial score (nSPS) is 12.2. The maximum absolute atomic E-state index is 5.24. The van der Waals surface area contributed by atoms with Gasteiger partial charge in [-0.15, -0.1) is 0 Å². The summed E-state index contributed by atoms with van der Waals surface area (Å²) in [4.78, 5) is 0. The first-order valence-electron chi connectivity index (χ1n) is 3.88. The van der Waals surface area contributed by atoms with E-state index in [0.717, 1.165) is 12.8 Å². The highest BCUT2D eigenvalue weighted by atomic mass is 14.0. The van der Waals surface area contributed by atoms with Crippen LogP contribution in [0.1, 0.15) is 33.6 Å². The Kier molecular flexibility index (Phi) is 5.00. The van der Waals surface area contributed by atoms with Crippen LogP contribution in [0.3, 0.4) is 0 Å². The van der Waals surface area contributed by atoms with E-state index in [-0.39, 0.29) is 0 Å². The van der Waals surface area contributed by atoms with Gasteiger partial charge in [-0.2, -0.15) is 0 Å². The standard InChI is InChI=1S/C10H17/c1-5-6-7-8-10(4)9(2)3/h1,5,8-9H,6-7H2,2-4H3. The van der Waals surface area contributed by atoms with E-state index in [4.69, 9.17) is 6.58 Å². The predicted molar refractivity (Wildman–Crippen MR) is 46.7 cm³/mol. The lowest BCUT2D eigenvalue weighted by atomic mass is 10.0. The van der Waals surface area contributed by atoms with Gasteiger partial charge in [-0.05, 0) is 25.7 Å². The van der Waals surface area contributed by atoms with Gasteiger partial charge in [0.15, 0.2) is 0 Å². The van der Waals surface area contributed by atoms with Crippen molar-refractivity contribution in [2.45, 2.75) is 33.6 Å². The molecule has 1 radical (unpaired) electrons. The summed E-state index contributed by atoms with van der Waals surface area (Å²) in [5.41, 5.74) is 1.46. The van der Waals surface area contributed by atoms with Gasteiger partial charge in [-0.1, -0.05) is 38.2 Å². The molecule has 57 valence electrons. The second kappa shape index (κ2) is 5.28. The molecule has 10 heavy (non-hydrogen) atoms. The Morgan fingerprint density at radius 3 is 2.40 bits per heavy atom. The Morgan fingerprint density at radius 1 is 1.40 bits per heavy atom. The molecule has 0 aromatic carbocycles. The number of rotatable bonds is 4. The molecular weight excluding hydrogens is 120 g/mol. The molecule has 0 aliphatic carbocycles. The highest BCUT2D eigenvalue weighted by Gasteiger charge is 1.93. The molecule has 0 heterocycles. The molecule has 0 N–H and O–H groups in total. The zero-order valence-electron chi connectivity index (χ0n) is 7.22. The molecule has 0 fully saturated rings. The van der Waals surface area contributed by atoms with Gasteiger partial charge in [0.2, 0.25) is 0 Å². The summed E-state index contributed by atoms with van der Waals surface area (Å²) in [5, 5.41) is 0. The topological polar surface area (TPSA) is 0 Å². The maximum Gasteiger partial charge on any atom is -0.0263 e. The molecule has 0 saturated heterocycles. The van der Waals surface area contributed by atoms with Crippen LogP contribution in [0.4, 0.5) is 0 Å². The molecule has 0 aromatic rings. The molecule has 0 atom stereocenters. The maximum atomic E-state index is 5.24. The first-order valence-corrected chi connectivity index (χ1v) is 3.88. The zero-order chi connectivity index (χ0) is 7.98. The highest BCUT2D eigenvalue weighted by molar-refractivity contribution is 5.00. The van der Waals surface area contributed by atoms with Crippen molar-refractivity contribution in [2.75, 3.05) is 0 Å². The largest absolute Gasteiger partial charge is 0.0850 e. The second-order valence-electron chi connectivity index (χ2n) is 2.92. The summed E-state index contributed by atoms with van der Waals surface area (Å²) >= 11 is 0. The van der Waals surface area contributed by atoms with Crippen LogP contribution < -0.4 is 0 Å². The summed E-state index contributed by atoms with van der Waals surface area (Å²) in [6.45, 7) is 11.8. The van der Waals surface area contributed by atoms with Crippen LogP contribution in [0, 0.1) is 12.5 Å². The average Bonchev–Trinajstić information content (AvgIpc) is 1.88. The second-order valence-corrected chi connectivity index (χ2v) is 2.92. The van der Waals surface area contributed by atoms with Gasteiger partial charge in [0.25, 0.3) is 0 Å². The minimum absolute atomic E-state index is 0.678. The van der Waals surface area contributed by atoms with Gasteiger partial charge in [-0.25, -0.2) is 0 Å². The van der Waals surface area contributed by atoms with Crippen molar-refractivity contribution in [1.82, 2.24) is 0 Å². The summed E-state index contributed by atoms with van der Waals surface area (Å²) in [5.74, 6) is 0.678. The van der Waals surface area contributed by atoms with Gasteiger partial charge in [0.05, 0.1) is 0 Å². The van der Waals surface area contributed by atoms with Gasteiger partial charge in [-0.3, -0.25) is 0 Å². The molecule has 0 aromatic heterocycles. The molecule has 0 amide bonds. The first kappa shape index (κ1) is 9.48. The van der Waals surface area contributed by atoms with E-state index in [0.29, 0.717) is 5.92 Å². The minimum atomic E-state index is 0.678. The van der Waals surface area contributed by atoms with Gasteiger partial charge >= 0.3 is 0 Å². The number of hydrogen-bond donors (Lipinski definition) is 0. The van der Waals surface area contributed by atoms with Crippen LogP contribution in [-0.2, 0) is 0 Å². The average molecular weight is 137 g/mol. The highest BCUT2D eigenvalue weighted by Crippen LogP contribution is 2.09. The summed E-state index contributed by atoms with van der Waals surface area (Å²) in [7, 11) is 0. The van der Waals surface area contributed by atoms with E-state index in [1.54, 1.807) is 6.08 Å². The van der Waals surface area contributed by atoms with Gasteiger partial charge < -0.3 is 0 Å². The van der Waals surface area contributed by atoms with Crippen LogP contribution in [0.15, 0.2) is 17.7 Å². The molecular formula is C10H17. The summed E-state index contributed by atoms with van der Waals surface area (Å²) in [6, 6.07) is 0. The predicted octanol–water partition coefficient (Wildman–Crippen LogP) is 3.36. The van der Waals surface area contributed by atoms with E-state index in [9.17, 15) is 0 Å². The molecule has 0 nitrogen and oxygen atoms in total. The van der Waals surface area contributed by atoms with Crippen molar-refractivity contribution < 1.29 is 0 Å². The van der Waals surface area contributed by atoms with Crippen molar-refractivity contribution in [2.24, 2.45) is 5.92 Å². The smallest absolute Gasteiger partial charge is 0.0263 e. The van der Waals surface area contributed by atoms with Crippen LogP contribution >= 0.6 is 0 Å². The fourth-order valence-corrected chi connectivity index (χ4v) is 0.643. The Bertz CT molecular complexity index is 118. The monoisotopic (exact) mass is 137 g/mol. The third-order valence-electron chi connectivity index (χ3n) is 1.71. The Balaban J connectivity index is 3.57. The van der Waals surface area contributed by atoms with Crippen LogP contribution in [0.25, 0.3) is 0 Å². The third kappa shape index (κ3) is 4.37. The van der Waals surface area contributed by atoms with Crippen molar-refractivity contribution in [3.63, 3.8) is 0 Å². The molecule has 0 saturated carbocycles.